The molecule has 3 aromatic rings. The van der Waals surface area contributed by atoms with Crippen molar-refractivity contribution in [2.45, 2.75) is 63.0 Å². The molecular formula is C33H31Cl2N3OS. The van der Waals surface area contributed by atoms with Crippen molar-refractivity contribution in [1.29, 1.82) is 5.26 Å². The smallest absolute Gasteiger partial charge is 0.161 e. The largest absolute Gasteiger partial charge is 0.384 e. The Bertz CT molecular complexity index is 1600. The Kier molecular flexibility index (Phi) is 8.33. The van der Waals surface area contributed by atoms with Gasteiger partial charge in [-0.05, 0) is 85.7 Å². The number of hydrogen-bond donors (Lipinski definition) is 1. The highest BCUT2D eigenvalue weighted by atomic mass is 35.5. The molecule has 4 nitrogen and oxygen atoms in total. The zero-order valence-corrected chi connectivity index (χ0v) is 25.2. The first-order valence-electron chi connectivity index (χ1n) is 13.5. The highest BCUT2D eigenvalue weighted by Crippen LogP contribution is 2.48. The molecule has 1 atom stereocenters. The number of carbonyl (C=O) groups is 1. The fraction of sp³-hybridized carbons (Fsp3) is 0.273. The average Bonchev–Trinajstić information content (AvgIpc) is 2.94. The molecule has 1 unspecified atom stereocenters. The predicted octanol–water partition coefficient (Wildman–Crippen LogP) is 8.77. The van der Waals surface area contributed by atoms with Crippen LogP contribution in [0.15, 0.2) is 82.2 Å². The minimum atomic E-state index is -0.502. The van der Waals surface area contributed by atoms with E-state index >= 15 is 0 Å². The van der Waals surface area contributed by atoms with E-state index in [-0.39, 0.29) is 5.78 Å². The average molecular weight is 589 g/mol. The number of rotatable bonds is 6. The van der Waals surface area contributed by atoms with E-state index in [4.69, 9.17) is 28.9 Å². The highest BCUT2D eigenvalue weighted by molar-refractivity contribution is 7.98. The second kappa shape index (κ2) is 11.7. The van der Waals surface area contributed by atoms with Crippen LogP contribution in [0.25, 0.3) is 0 Å². The maximum atomic E-state index is 13.6. The van der Waals surface area contributed by atoms with Crippen LogP contribution in [0.3, 0.4) is 0 Å². The Hall–Kier alpha value is -3.17. The second-order valence-corrected chi connectivity index (χ2v) is 12.2. The number of nitrogens with zero attached hydrogens (tertiary/aromatic N) is 2. The van der Waals surface area contributed by atoms with Crippen LogP contribution in [0.1, 0.15) is 59.9 Å². The Morgan fingerprint density at radius 1 is 1.07 bits per heavy atom. The third-order valence-corrected chi connectivity index (χ3v) is 9.58. The summed E-state index contributed by atoms with van der Waals surface area (Å²) < 4.78 is 0. The van der Waals surface area contributed by atoms with E-state index in [1.54, 1.807) is 23.9 Å². The number of thioether (sulfide) groups is 1. The van der Waals surface area contributed by atoms with E-state index in [2.05, 4.69) is 44.2 Å². The van der Waals surface area contributed by atoms with Crippen molar-refractivity contribution >= 4 is 46.4 Å². The molecule has 0 saturated heterocycles. The number of hydrogen-bond acceptors (Lipinski definition) is 5. The minimum Gasteiger partial charge on any atom is -0.384 e. The van der Waals surface area contributed by atoms with Crippen molar-refractivity contribution in [2.24, 2.45) is 5.73 Å². The molecule has 0 fully saturated rings. The van der Waals surface area contributed by atoms with Gasteiger partial charge in [0.1, 0.15) is 5.82 Å². The van der Waals surface area contributed by atoms with Crippen LogP contribution in [0.5, 0.6) is 0 Å². The number of nitriles is 1. The lowest BCUT2D eigenvalue weighted by Gasteiger charge is -2.40. The number of Topliss-reactive ketones (excluding diaryl/α,β-unsaturated/α-hetero) is 1. The van der Waals surface area contributed by atoms with Crippen LogP contribution in [0.4, 0.5) is 5.69 Å². The van der Waals surface area contributed by atoms with Crippen molar-refractivity contribution in [3.8, 4) is 6.07 Å². The van der Waals surface area contributed by atoms with Crippen molar-refractivity contribution < 1.29 is 4.79 Å². The molecule has 0 amide bonds. The summed E-state index contributed by atoms with van der Waals surface area (Å²) in [7, 11) is 0. The normalized spacial score (nSPS) is 17.2. The summed E-state index contributed by atoms with van der Waals surface area (Å²) in [5.74, 6) is 0.652. The molecule has 2 aliphatic rings. The molecule has 5 rings (SSSR count). The van der Waals surface area contributed by atoms with Crippen LogP contribution in [0, 0.1) is 25.2 Å². The zero-order valence-electron chi connectivity index (χ0n) is 22.9. The number of halogens is 2. The van der Waals surface area contributed by atoms with E-state index in [0.717, 1.165) is 57.8 Å². The first-order valence-corrected chi connectivity index (χ1v) is 15.2. The molecule has 1 heterocycles. The van der Waals surface area contributed by atoms with Gasteiger partial charge in [-0.2, -0.15) is 5.26 Å². The lowest BCUT2D eigenvalue weighted by molar-refractivity contribution is -0.116. The number of ketones is 1. The number of aryl methyl sites for hydroxylation is 2. The number of anilines is 1. The van der Waals surface area contributed by atoms with Gasteiger partial charge in [0.15, 0.2) is 5.78 Å². The van der Waals surface area contributed by atoms with Crippen LogP contribution >= 0.6 is 35.0 Å². The summed E-state index contributed by atoms with van der Waals surface area (Å²) in [6, 6.07) is 20.3. The van der Waals surface area contributed by atoms with Gasteiger partial charge < -0.3 is 5.73 Å². The van der Waals surface area contributed by atoms with Crippen molar-refractivity contribution in [1.82, 2.24) is 0 Å². The fourth-order valence-corrected chi connectivity index (χ4v) is 7.27. The van der Waals surface area contributed by atoms with E-state index in [9.17, 15) is 10.1 Å². The van der Waals surface area contributed by atoms with Gasteiger partial charge in [0.05, 0.1) is 22.6 Å². The standard InChI is InChI=1S/C33H31Cl2N3OS/c1-4-21-8-11-24(12-9-21)38-28-6-5-7-29(39)32(28)31(26(17-36)33(38)37)25-15-19(2)14-22(20(25)3)18-40-30-16-23(34)10-13-27(30)35/h8-16,31H,4-7,18,37H2,1-3H3. The number of nitrogens with two attached hydrogens (primary N) is 1. The van der Waals surface area contributed by atoms with Gasteiger partial charge in [0.25, 0.3) is 0 Å². The van der Waals surface area contributed by atoms with Crippen molar-refractivity contribution in [3.05, 3.63) is 115 Å². The predicted molar refractivity (Wildman–Crippen MR) is 166 cm³/mol. The van der Waals surface area contributed by atoms with Gasteiger partial charge in [-0.15, -0.1) is 11.8 Å². The third-order valence-electron chi connectivity index (χ3n) is 7.80. The Balaban J connectivity index is 1.62. The Morgan fingerprint density at radius 3 is 2.52 bits per heavy atom. The minimum absolute atomic E-state index is 0.0872. The van der Waals surface area contributed by atoms with E-state index in [1.165, 1.54) is 5.56 Å². The number of carbonyl (C=O) groups excluding carboxylic acids is 1. The Morgan fingerprint density at radius 2 is 1.82 bits per heavy atom. The summed E-state index contributed by atoms with van der Waals surface area (Å²) in [5, 5.41) is 11.8. The van der Waals surface area contributed by atoms with E-state index in [1.807, 2.05) is 30.0 Å². The topological polar surface area (TPSA) is 70.1 Å². The maximum absolute atomic E-state index is 13.6. The second-order valence-electron chi connectivity index (χ2n) is 10.3. The number of benzene rings is 3. The molecule has 2 N–H and O–H groups in total. The van der Waals surface area contributed by atoms with Crippen LogP contribution in [-0.2, 0) is 17.0 Å². The molecule has 0 saturated carbocycles. The van der Waals surface area contributed by atoms with Crippen molar-refractivity contribution in [2.75, 3.05) is 4.90 Å². The molecule has 40 heavy (non-hydrogen) atoms. The van der Waals surface area contributed by atoms with E-state index < -0.39 is 5.92 Å². The van der Waals surface area contributed by atoms with Crippen LogP contribution in [0.2, 0.25) is 10.0 Å². The molecule has 3 aromatic carbocycles. The summed E-state index contributed by atoms with van der Waals surface area (Å²) >= 11 is 14.3. The highest BCUT2D eigenvalue weighted by Gasteiger charge is 2.41. The van der Waals surface area contributed by atoms with E-state index in [0.29, 0.717) is 39.2 Å². The zero-order chi connectivity index (χ0) is 28.6. The van der Waals surface area contributed by atoms with Crippen LogP contribution < -0.4 is 10.6 Å². The summed E-state index contributed by atoms with van der Waals surface area (Å²) in [5.41, 5.74) is 15.1. The summed E-state index contributed by atoms with van der Waals surface area (Å²) in [4.78, 5) is 16.5. The Labute approximate surface area is 250 Å². The lowest BCUT2D eigenvalue weighted by Crippen LogP contribution is -2.39. The van der Waals surface area contributed by atoms with Gasteiger partial charge in [0, 0.05) is 39.0 Å². The summed E-state index contributed by atoms with van der Waals surface area (Å²) in [6.07, 6.45) is 2.89. The summed E-state index contributed by atoms with van der Waals surface area (Å²) in [6.45, 7) is 6.23. The molecule has 0 aromatic heterocycles. The molecule has 7 heteroatoms. The molecule has 0 spiro atoms. The van der Waals surface area contributed by atoms with Gasteiger partial charge in [-0.1, -0.05) is 60.0 Å². The lowest BCUT2D eigenvalue weighted by atomic mass is 9.73. The first-order chi connectivity index (χ1) is 19.2. The molecule has 1 aliphatic heterocycles. The molecule has 204 valence electrons. The third kappa shape index (κ3) is 5.29. The van der Waals surface area contributed by atoms with Crippen molar-refractivity contribution in [3.63, 3.8) is 0 Å². The molecule has 1 aliphatic carbocycles. The van der Waals surface area contributed by atoms with Gasteiger partial charge >= 0.3 is 0 Å². The van der Waals surface area contributed by atoms with Gasteiger partial charge in [-0.3, -0.25) is 9.69 Å². The van der Waals surface area contributed by atoms with Gasteiger partial charge in [-0.25, -0.2) is 0 Å². The first kappa shape index (κ1) is 28.4. The monoisotopic (exact) mass is 587 g/mol. The molecule has 0 radical (unpaired) electrons. The fourth-order valence-electron chi connectivity index (χ4n) is 5.73. The molecule has 0 bridgehead atoms. The SMILES string of the molecule is CCc1ccc(N2C(N)=C(C#N)C(c3cc(C)cc(CSc4cc(Cl)ccc4Cl)c3C)C3=C2CCCC3=O)cc1. The quantitative estimate of drug-likeness (QED) is 0.292. The van der Waals surface area contributed by atoms with Gasteiger partial charge in [0.2, 0.25) is 0 Å². The van der Waals surface area contributed by atoms with Crippen LogP contribution in [-0.4, -0.2) is 5.78 Å². The number of allylic oxidation sites excluding steroid dienone is 3. The maximum Gasteiger partial charge on any atom is 0.161 e. The molecular weight excluding hydrogens is 557 g/mol.